The molecular weight excluding hydrogens is 261 g/mol. The van der Waals surface area contributed by atoms with Gasteiger partial charge in [-0.2, -0.15) is 13.2 Å². The Kier molecular flexibility index (Phi) is 6.06. The Hall–Kier alpha value is -0.820. The SMILES string of the molecule is O=C(CNCC(F)(F)F)NCC1(CO)CCCCC1. The zero-order valence-electron chi connectivity index (χ0n) is 10.9. The van der Waals surface area contributed by atoms with Crippen LogP contribution in [0.15, 0.2) is 0 Å². The number of nitrogens with one attached hydrogen (secondary N) is 2. The number of carbonyl (C=O) groups is 1. The van der Waals surface area contributed by atoms with Crippen LogP contribution in [0.1, 0.15) is 32.1 Å². The second-order valence-corrected chi connectivity index (χ2v) is 5.21. The Morgan fingerprint density at radius 2 is 1.84 bits per heavy atom. The summed E-state index contributed by atoms with van der Waals surface area (Å²) in [5, 5.41) is 14.1. The maximum absolute atomic E-state index is 11.9. The van der Waals surface area contributed by atoms with Gasteiger partial charge in [0.25, 0.3) is 0 Å². The van der Waals surface area contributed by atoms with Crippen LogP contribution >= 0.6 is 0 Å². The van der Waals surface area contributed by atoms with E-state index in [1.54, 1.807) is 0 Å². The molecular formula is C12H21F3N2O2. The van der Waals surface area contributed by atoms with Crippen LogP contribution in [0.3, 0.4) is 0 Å². The van der Waals surface area contributed by atoms with Gasteiger partial charge in [0.1, 0.15) is 0 Å². The second-order valence-electron chi connectivity index (χ2n) is 5.21. The van der Waals surface area contributed by atoms with Gasteiger partial charge in [0.2, 0.25) is 5.91 Å². The molecule has 7 heteroatoms. The number of amides is 1. The van der Waals surface area contributed by atoms with Gasteiger partial charge in [0.15, 0.2) is 0 Å². The highest BCUT2D eigenvalue weighted by Gasteiger charge is 2.32. The molecule has 4 nitrogen and oxygen atoms in total. The van der Waals surface area contributed by atoms with E-state index in [0.29, 0.717) is 6.54 Å². The van der Waals surface area contributed by atoms with Gasteiger partial charge < -0.3 is 15.7 Å². The molecule has 1 aliphatic carbocycles. The minimum Gasteiger partial charge on any atom is -0.396 e. The van der Waals surface area contributed by atoms with Crippen molar-refractivity contribution in [2.75, 3.05) is 26.2 Å². The van der Waals surface area contributed by atoms with E-state index >= 15 is 0 Å². The Bertz CT molecular complexity index is 289. The van der Waals surface area contributed by atoms with E-state index in [4.69, 9.17) is 0 Å². The van der Waals surface area contributed by atoms with Gasteiger partial charge in [-0.15, -0.1) is 0 Å². The van der Waals surface area contributed by atoms with E-state index < -0.39 is 18.6 Å². The first-order valence-corrected chi connectivity index (χ1v) is 6.52. The molecule has 0 bridgehead atoms. The normalized spacial score (nSPS) is 19.2. The number of alkyl halides is 3. The minimum atomic E-state index is -4.31. The fourth-order valence-electron chi connectivity index (χ4n) is 2.36. The molecule has 0 aromatic heterocycles. The van der Waals surface area contributed by atoms with Crippen molar-refractivity contribution in [1.29, 1.82) is 0 Å². The summed E-state index contributed by atoms with van der Waals surface area (Å²) in [5.41, 5.74) is -0.294. The number of halogens is 3. The highest BCUT2D eigenvalue weighted by molar-refractivity contribution is 5.78. The highest BCUT2D eigenvalue weighted by Crippen LogP contribution is 2.35. The summed E-state index contributed by atoms with van der Waals surface area (Å²) in [6, 6.07) is 0. The van der Waals surface area contributed by atoms with Crippen LogP contribution in [0.5, 0.6) is 0 Å². The summed E-state index contributed by atoms with van der Waals surface area (Å²) >= 11 is 0. The average Bonchev–Trinajstić information content (AvgIpc) is 2.36. The predicted octanol–water partition coefficient (Wildman–Crippen LogP) is 1.20. The minimum absolute atomic E-state index is 0.00323. The number of hydrogen-bond donors (Lipinski definition) is 3. The molecule has 1 amide bonds. The molecule has 19 heavy (non-hydrogen) atoms. The Labute approximate surface area is 110 Å². The molecule has 1 fully saturated rings. The number of rotatable bonds is 6. The van der Waals surface area contributed by atoms with Crippen molar-refractivity contribution in [3.05, 3.63) is 0 Å². The number of hydrogen-bond acceptors (Lipinski definition) is 3. The van der Waals surface area contributed by atoms with E-state index in [-0.39, 0.29) is 18.6 Å². The predicted molar refractivity (Wildman–Crippen MR) is 64.5 cm³/mol. The van der Waals surface area contributed by atoms with E-state index in [1.807, 2.05) is 5.32 Å². The summed E-state index contributed by atoms with van der Waals surface area (Å²) in [5.74, 6) is -0.470. The zero-order chi connectivity index (χ0) is 14.4. The molecule has 0 aliphatic heterocycles. The van der Waals surface area contributed by atoms with Gasteiger partial charge in [-0.05, 0) is 12.8 Å². The molecule has 0 unspecified atom stereocenters. The standard InChI is InChI=1S/C12H21F3N2O2/c13-12(14,15)8-16-6-10(19)17-7-11(9-18)4-2-1-3-5-11/h16,18H,1-9H2,(H,17,19). The molecule has 3 N–H and O–H groups in total. The van der Waals surface area contributed by atoms with Crippen LogP contribution < -0.4 is 10.6 Å². The topological polar surface area (TPSA) is 61.4 Å². The van der Waals surface area contributed by atoms with Crippen molar-refractivity contribution in [3.63, 3.8) is 0 Å². The van der Waals surface area contributed by atoms with E-state index in [1.165, 1.54) is 0 Å². The van der Waals surface area contributed by atoms with Crippen molar-refractivity contribution in [2.45, 2.75) is 38.3 Å². The van der Waals surface area contributed by atoms with Crippen LogP contribution in [0.25, 0.3) is 0 Å². The third-order valence-corrected chi connectivity index (χ3v) is 3.52. The first kappa shape index (κ1) is 16.2. The Morgan fingerprint density at radius 3 is 2.37 bits per heavy atom. The van der Waals surface area contributed by atoms with Crippen molar-refractivity contribution < 1.29 is 23.1 Å². The van der Waals surface area contributed by atoms with Gasteiger partial charge in [0.05, 0.1) is 19.7 Å². The van der Waals surface area contributed by atoms with E-state index in [2.05, 4.69) is 5.32 Å². The molecule has 0 atom stereocenters. The lowest BCUT2D eigenvalue weighted by atomic mass is 9.74. The largest absolute Gasteiger partial charge is 0.401 e. The van der Waals surface area contributed by atoms with E-state index in [9.17, 15) is 23.1 Å². The summed E-state index contributed by atoms with van der Waals surface area (Å²) in [6.07, 6.45) is 0.545. The maximum atomic E-state index is 11.9. The van der Waals surface area contributed by atoms with Gasteiger partial charge in [-0.1, -0.05) is 19.3 Å². The molecule has 0 aromatic carbocycles. The van der Waals surface area contributed by atoms with Gasteiger partial charge in [0, 0.05) is 12.0 Å². The van der Waals surface area contributed by atoms with Crippen molar-refractivity contribution in [3.8, 4) is 0 Å². The average molecular weight is 282 g/mol. The first-order valence-electron chi connectivity index (χ1n) is 6.52. The van der Waals surface area contributed by atoms with Crippen molar-refractivity contribution in [1.82, 2.24) is 10.6 Å². The van der Waals surface area contributed by atoms with Gasteiger partial charge in [-0.25, -0.2) is 0 Å². The smallest absolute Gasteiger partial charge is 0.396 e. The Balaban J connectivity index is 2.25. The molecule has 0 saturated heterocycles. The summed E-state index contributed by atoms with van der Waals surface area (Å²) < 4.78 is 35.6. The number of aliphatic hydroxyl groups excluding tert-OH is 1. The van der Waals surface area contributed by atoms with Gasteiger partial charge >= 0.3 is 6.18 Å². The van der Waals surface area contributed by atoms with Crippen LogP contribution in [0.2, 0.25) is 0 Å². The maximum Gasteiger partial charge on any atom is 0.401 e. The van der Waals surface area contributed by atoms with E-state index in [0.717, 1.165) is 32.1 Å². The molecule has 0 aromatic rings. The lowest BCUT2D eigenvalue weighted by molar-refractivity contribution is -0.128. The third kappa shape index (κ3) is 6.24. The molecule has 1 aliphatic rings. The Morgan fingerprint density at radius 1 is 1.21 bits per heavy atom. The fourth-order valence-corrected chi connectivity index (χ4v) is 2.36. The molecule has 1 saturated carbocycles. The molecule has 112 valence electrons. The molecule has 0 spiro atoms. The number of carbonyl (C=O) groups excluding carboxylic acids is 1. The quantitative estimate of drug-likeness (QED) is 0.686. The zero-order valence-corrected chi connectivity index (χ0v) is 10.9. The van der Waals surface area contributed by atoms with Crippen LogP contribution in [-0.4, -0.2) is 43.4 Å². The van der Waals surface area contributed by atoms with Crippen LogP contribution in [0.4, 0.5) is 13.2 Å². The fraction of sp³-hybridized carbons (Fsp3) is 0.917. The highest BCUT2D eigenvalue weighted by atomic mass is 19.4. The first-order chi connectivity index (χ1) is 8.87. The lowest BCUT2D eigenvalue weighted by Gasteiger charge is -2.35. The van der Waals surface area contributed by atoms with Crippen molar-refractivity contribution in [2.24, 2.45) is 5.41 Å². The summed E-state index contributed by atoms with van der Waals surface area (Å²) in [6.45, 7) is -1.20. The van der Waals surface area contributed by atoms with Gasteiger partial charge in [-0.3, -0.25) is 4.79 Å². The van der Waals surface area contributed by atoms with Crippen LogP contribution in [-0.2, 0) is 4.79 Å². The third-order valence-electron chi connectivity index (χ3n) is 3.52. The number of aliphatic hydroxyl groups is 1. The van der Waals surface area contributed by atoms with Crippen LogP contribution in [0, 0.1) is 5.41 Å². The second kappa shape index (κ2) is 7.09. The lowest BCUT2D eigenvalue weighted by Crippen LogP contribution is -2.45. The molecule has 0 heterocycles. The molecule has 0 radical (unpaired) electrons. The summed E-state index contributed by atoms with van der Waals surface area (Å²) in [7, 11) is 0. The van der Waals surface area contributed by atoms with Crippen molar-refractivity contribution >= 4 is 5.91 Å². The monoisotopic (exact) mass is 282 g/mol. The summed E-state index contributed by atoms with van der Waals surface area (Å²) in [4.78, 5) is 11.4. The molecule has 1 rings (SSSR count).